The first-order valence-corrected chi connectivity index (χ1v) is 6.67. The molecule has 1 aromatic heterocycles. The summed E-state index contributed by atoms with van der Waals surface area (Å²) in [6.45, 7) is 4.91. The maximum Gasteiger partial charge on any atom is 0.332 e. The molecular formula is C16H16N2O2. The van der Waals surface area contributed by atoms with Gasteiger partial charge in [0, 0.05) is 6.54 Å². The summed E-state index contributed by atoms with van der Waals surface area (Å²) in [7, 11) is 0. The summed E-state index contributed by atoms with van der Waals surface area (Å²) in [5.41, 5.74) is 1.20. The van der Waals surface area contributed by atoms with Crippen molar-refractivity contribution in [1.82, 2.24) is 9.13 Å². The molecule has 0 spiro atoms. The molecule has 0 N–H and O–H groups in total. The van der Waals surface area contributed by atoms with Crippen molar-refractivity contribution in [2.24, 2.45) is 0 Å². The number of para-hydroxylation sites is 1. The fourth-order valence-electron chi connectivity index (χ4n) is 2.99. The van der Waals surface area contributed by atoms with E-state index in [-0.39, 0.29) is 23.2 Å². The number of aromatic nitrogens is 2. The summed E-state index contributed by atoms with van der Waals surface area (Å²) < 4.78 is 2.83. The second-order valence-electron chi connectivity index (χ2n) is 5.87. The molecule has 0 amide bonds. The Kier molecular flexibility index (Phi) is 2.62. The predicted octanol–water partition coefficient (Wildman–Crippen LogP) is 1.48. The number of aryl methyl sites for hydroxylation is 1. The standard InChI is InChI=1S/C16H16N2O2/c1-4-9-18-14(19)11-6-5-7-12-13(11)17(15(18)20)10-8-16(12,2)3/h1,5-7H,8-10H2,2-3H3. The van der Waals surface area contributed by atoms with Crippen LogP contribution in [-0.4, -0.2) is 9.13 Å². The first kappa shape index (κ1) is 12.7. The van der Waals surface area contributed by atoms with Crippen LogP contribution in [0.5, 0.6) is 0 Å². The number of benzene rings is 1. The highest BCUT2D eigenvalue weighted by atomic mass is 16.2. The van der Waals surface area contributed by atoms with Crippen LogP contribution >= 0.6 is 0 Å². The second-order valence-corrected chi connectivity index (χ2v) is 5.87. The number of nitrogens with zero attached hydrogens (tertiary/aromatic N) is 2. The van der Waals surface area contributed by atoms with Gasteiger partial charge in [-0.2, -0.15) is 0 Å². The van der Waals surface area contributed by atoms with E-state index in [2.05, 4.69) is 19.8 Å². The van der Waals surface area contributed by atoms with Crippen LogP contribution < -0.4 is 11.2 Å². The molecule has 4 nitrogen and oxygen atoms in total. The van der Waals surface area contributed by atoms with Crippen molar-refractivity contribution in [3.05, 3.63) is 44.6 Å². The highest BCUT2D eigenvalue weighted by Crippen LogP contribution is 2.35. The Morgan fingerprint density at radius 2 is 2.10 bits per heavy atom. The first-order chi connectivity index (χ1) is 9.47. The zero-order valence-electron chi connectivity index (χ0n) is 11.6. The fraction of sp³-hybridized carbons (Fsp3) is 0.375. The Labute approximate surface area is 116 Å². The highest BCUT2D eigenvalue weighted by Gasteiger charge is 2.30. The third kappa shape index (κ3) is 1.56. The van der Waals surface area contributed by atoms with Crippen LogP contribution in [0.25, 0.3) is 10.9 Å². The molecule has 102 valence electrons. The van der Waals surface area contributed by atoms with Gasteiger partial charge in [0.25, 0.3) is 5.56 Å². The van der Waals surface area contributed by atoms with E-state index in [4.69, 9.17) is 6.42 Å². The fourth-order valence-corrected chi connectivity index (χ4v) is 2.99. The Hall–Kier alpha value is -2.28. The van der Waals surface area contributed by atoms with Crippen molar-refractivity contribution < 1.29 is 0 Å². The summed E-state index contributed by atoms with van der Waals surface area (Å²) in [6, 6.07) is 5.65. The van der Waals surface area contributed by atoms with Crippen molar-refractivity contribution in [2.45, 2.75) is 38.8 Å². The van der Waals surface area contributed by atoms with Crippen LogP contribution in [-0.2, 0) is 18.5 Å². The van der Waals surface area contributed by atoms with Gasteiger partial charge in [-0.3, -0.25) is 9.36 Å². The summed E-state index contributed by atoms with van der Waals surface area (Å²) in [5.74, 6) is 2.38. The summed E-state index contributed by atoms with van der Waals surface area (Å²) in [5, 5.41) is 0.574. The molecule has 0 saturated carbocycles. The zero-order valence-corrected chi connectivity index (χ0v) is 11.6. The van der Waals surface area contributed by atoms with Gasteiger partial charge >= 0.3 is 5.69 Å². The van der Waals surface area contributed by atoms with Gasteiger partial charge in [0.1, 0.15) is 0 Å². The lowest BCUT2D eigenvalue weighted by atomic mass is 9.78. The minimum atomic E-state index is -0.302. The number of terminal acetylenes is 1. The molecular weight excluding hydrogens is 252 g/mol. The minimum absolute atomic E-state index is 0.0151. The van der Waals surface area contributed by atoms with Crippen LogP contribution in [0.15, 0.2) is 27.8 Å². The van der Waals surface area contributed by atoms with Gasteiger partial charge < -0.3 is 0 Å². The Bertz CT molecular complexity index is 863. The topological polar surface area (TPSA) is 44.0 Å². The van der Waals surface area contributed by atoms with E-state index in [0.717, 1.165) is 22.1 Å². The van der Waals surface area contributed by atoms with Gasteiger partial charge in [0.2, 0.25) is 0 Å². The molecule has 2 heterocycles. The SMILES string of the molecule is C#CCn1c(=O)c2cccc3c2n(c1=O)CCC3(C)C. The second kappa shape index (κ2) is 4.11. The summed E-state index contributed by atoms with van der Waals surface area (Å²) in [4.78, 5) is 24.9. The first-order valence-electron chi connectivity index (χ1n) is 6.67. The maximum absolute atomic E-state index is 12.5. The normalized spacial score (nSPS) is 16.1. The lowest BCUT2D eigenvalue weighted by Crippen LogP contribution is -2.43. The monoisotopic (exact) mass is 268 g/mol. The zero-order chi connectivity index (χ0) is 14.5. The molecule has 0 saturated heterocycles. The molecule has 0 bridgehead atoms. The molecule has 1 aliphatic heterocycles. The van der Waals surface area contributed by atoms with E-state index in [1.807, 2.05) is 12.1 Å². The Morgan fingerprint density at radius 3 is 2.80 bits per heavy atom. The smallest absolute Gasteiger partial charge is 0.293 e. The summed E-state index contributed by atoms with van der Waals surface area (Å²) in [6.07, 6.45) is 6.13. The van der Waals surface area contributed by atoms with Gasteiger partial charge in [0.15, 0.2) is 0 Å². The lowest BCUT2D eigenvalue weighted by Gasteiger charge is -2.33. The van der Waals surface area contributed by atoms with E-state index in [1.54, 1.807) is 10.6 Å². The number of hydrogen-bond acceptors (Lipinski definition) is 2. The molecule has 1 aromatic carbocycles. The molecule has 0 fully saturated rings. The van der Waals surface area contributed by atoms with Crippen LogP contribution in [0, 0.1) is 12.3 Å². The van der Waals surface area contributed by atoms with E-state index in [1.165, 1.54) is 0 Å². The molecule has 0 atom stereocenters. The van der Waals surface area contributed by atoms with Crippen LogP contribution in [0.1, 0.15) is 25.8 Å². The maximum atomic E-state index is 12.5. The molecule has 2 aromatic rings. The van der Waals surface area contributed by atoms with Crippen LogP contribution in [0.4, 0.5) is 0 Å². The van der Waals surface area contributed by atoms with Crippen LogP contribution in [0.2, 0.25) is 0 Å². The largest absolute Gasteiger partial charge is 0.332 e. The molecule has 0 unspecified atom stereocenters. The third-order valence-corrected chi connectivity index (χ3v) is 4.18. The average Bonchev–Trinajstić information content (AvgIpc) is 2.42. The van der Waals surface area contributed by atoms with E-state index >= 15 is 0 Å². The summed E-state index contributed by atoms with van der Waals surface area (Å²) >= 11 is 0. The van der Waals surface area contributed by atoms with E-state index in [0.29, 0.717) is 11.9 Å². The van der Waals surface area contributed by atoms with Crippen molar-refractivity contribution in [3.8, 4) is 12.3 Å². The third-order valence-electron chi connectivity index (χ3n) is 4.18. The van der Waals surface area contributed by atoms with Gasteiger partial charge in [-0.15, -0.1) is 6.42 Å². The molecule has 0 radical (unpaired) electrons. The minimum Gasteiger partial charge on any atom is -0.293 e. The van der Waals surface area contributed by atoms with Crippen molar-refractivity contribution in [2.75, 3.05) is 0 Å². The van der Waals surface area contributed by atoms with Gasteiger partial charge in [-0.25, -0.2) is 9.36 Å². The molecule has 1 aliphatic rings. The average molecular weight is 268 g/mol. The van der Waals surface area contributed by atoms with Gasteiger partial charge in [0.05, 0.1) is 17.4 Å². The van der Waals surface area contributed by atoms with Crippen molar-refractivity contribution in [1.29, 1.82) is 0 Å². The Morgan fingerprint density at radius 1 is 1.35 bits per heavy atom. The van der Waals surface area contributed by atoms with Gasteiger partial charge in [-0.05, 0) is 23.5 Å². The molecule has 4 heteroatoms. The van der Waals surface area contributed by atoms with Crippen LogP contribution in [0.3, 0.4) is 0 Å². The lowest BCUT2D eigenvalue weighted by molar-refractivity contribution is 0.409. The predicted molar refractivity (Wildman–Crippen MR) is 78.9 cm³/mol. The van der Waals surface area contributed by atoms with E-state index in [9.17, 15) is 9.59 Å². The highest BCUT2D eigenvalue weighted by molar-refractivity contribution is 5.83. The molecule has 20 heavy (non-hydrogen) atoms. The molecule has 3 rings (SSSR count). The number of hydrogen-bond donors (Lipinski definition) is 0. The van der Waals surface area contributed by atoms with Gasteiger partial charge in [-0.1, -0.05) is 31.9 Å². The molecule has 0 aliphatic carbocycles. The van der Waals surface area contributed by atoms with Crippen molar-refractivity contribution in [3.63, 3.8) is 0 Å². The number of rotatable bonds is 1. The van der Waals surface area contributed by atoms with Crippen molar-refractivity contribution >= 4 is 10.9 Å². The van der Waals surface area contributed by atoms with E-state index < -0.39 is 0 Å². The quantitative estimate of drug-likeness (QED) is 0.735. The Balaban J connectivity index is 2.55.